The minimum Gasteiger partial charge on any atom is -0.459 e. The summed E-state index contributed by atoms with van der Waals surface area (Å²) in [6, 6.07) is 0. The number of hydrogen-bond donors (Lipinski definition) is 0. The van der Waals surface area contributed by atoms with E-state index in [2.05, 4.69) is 0 Å². The number of carbonyl (C=O) groups excluding carboxylic acids is 1. The summed E-state index contributed by atoms with van der Waals surface area (Å²) < 4.78 is 11.2. The van der Waals surface area contributed by atoms with E-state index in [-0.39, 0.29) is 18.2 Å². The molecule has 3 fully saturated rings. The molecule has 0 aromatic heterocycles. The molecule has 3 heteroatoms. The van der Waals surface area contributed by atoms with Crippen molar-refractivity contribution < 1.29 is 14.3 Å². The summed E-state index contributed by atoms with van der Waals surface area (Å²) in [7, 11) is 0. The van der Waals surface area contributed by atoms with Gasteiger partial charge >= 0.3 is 5.97 Å². The summed E-state index contributed by atoms with van der Waals surface area (Å²) in [6.45, 7) is 2.74. The van der Waals surface area contributed by atoms with Crippen molar-refractivity contribution in [2.75, 3.05) is 6.61 Å². The van der Waals surface area contributed by atoms with Gasteiger partial charge in [0.05, 0.1) is 12.7 Å². The number of hydrogen-bond acceptors (Lipinski definition) is 3. The molecule has 1 saturated heterocycles. The van der Waals surface area contributed by atoms with Crippen LogP contribution in [0.25, 0.3) is 0 Å². The molecule has 0 spiro atoms. The summed E-state index contributed by atoms with van der Waals surface area (Å²) in [5.41, 5.74) is 0. The highest BCUT2D eigenvalue weighted by molar-refractivity contribution is 5.69. The molecule has 1 aliphatic heterocycles. The summed E-state index contributed by atoms with van der Waals surface area (Å²) in [6.07, 6.45) is 3.21. The number of fused-ring (bicyclic) bond motifs is 1. The first-order valence-corrected chi connectivity index (χ1v) is 5.60. The molecule has 3 nitrogen and oxygen atoms in total. The van der Waals surface area contributed by atoms with Crippen molar-refractivity contribution in [2.45, 2.75) is 38.4 Å². The van der Waals surface area contributed by atoms with Gasteiger partial charge in [-0.3, -0.25) is 4.79 Å². The Morgan fingerprint density at radius 3 is 3.07 bits per heavy atom. The van der Waals surface area contributed by atoms with Crippen molar-refractivity contribution in [3.05, 3.63) is 0 Å². The predicted molar refractivity (Wildman–Crippen MR) is 49.6 cm³/mol. The molecule has 5 atom stereocenters. The van der Waals surface area contributed by atoms with Gasteiger partial charge in [0.1, 0.15) is 6.10 Å². The molecule has 78 valence electrons. The smallest absolute Gasteiger partial charge is 0.305 e. The van der Waals surface area contributed by atoms with Crippen LogP contribution in [0.1, 0.15) is 26.2 Å². The monoisotopic (exact) mass is 196 g/mol. The summed E-state index contributed by atoms with van der Waals surface area (Å²) in [5.74, 6) is 1.97. The van der Waals surface area contributed by atoms with Crippen LogP contribution in [0, 0.1) is 17.8 Å². The van der Waals surface area contributed by atoms with Crippen LogP contribution >= 0.6 is 0 Å². The molecular weight excluding hydrogens is 180 g/mol. The summed E-state index contributed by atoms with van der Waals surface area (Å²) in [4.78, 5) is 11.2. The highest BCUT2D eigenvalue weighted by Crippen LogP contribution is 2.54. The van der Waals surface area contributed by atoms with Crippen LogP contribution in [0.15, 0.2) is 0 Å². The second kappa shape index (κ2) is 2.96. The summed E-state index contributed by atoms with van der Waals surface area (Å²) >= 11 is 0. The van der Waals surface area contributed by atoms with Crippen molar-refractivity contribution >= 4 is 5.97 Å². The number of rotatable bonds is 2. The van der Waals surface area contributed by atoms with Gasteiger partial charge in [0.15, 0.2) is 0 Å². The lowest BCUT2D eigenvalue weighted by atomic mass is 9.88. The first-order chi connectivity index (χ1) is 6.79. The Bertz CT molecular complexity index is 261. The Morgan fingerprint density at radius 2 is 2.29 bits per heavy atom. The average molecular weight is 196 g/mol. The van der Waals surface area contributed by atoms with Crippen molar-refractivity contribution in [2.24, 2.45) is 17.8 Å². The van der Waals surface area contributed by atoms with Crippen LogP contribution in [-0.4, -0.2) is 24.8 Å². The van der Waals surface area contributed by atoms with Gasteiger partial charge in [-0.25, -0.2) is 0 Å². The second-order valence-electron chi connectivity index (χ2n) is 4.76. The number of esters is 1. The van der Waals surface area contributed by atoms with Crippen LogP contribution in [-0.2, 0) is 14.3 Å². The van der Waals surface area contributed by atoms with E-state index < -0.39 is 0 Å². The van der Waals surface area contributed by atoms with Gasteiger partial charge in [0.2, 0.25) is 0 Å². The number of ether oxygens (including phenoxy) is 2. The lowest BCUT2D eigenvalue weighted by molar-refractivity contribution is -0.157. The lowest BCUT2D eigenvalue weighted by Gasteiger charge is -2.26. The maximum Gasteiger partial charge on any atom is 0.305 e. The first-order valence-electron chi connectivity index (χ1n) is 5.60. The minimum atomic E-state index is -0.0744. The third kappa shape index (κ3) is 1.05. The molecule has 3 aliphatic rings. The van der Waals surface area contributed by atoms with E-state index in [1.807, 2.05) is 6.92 Å². The highest BCUT2D eigenvalue weighted by Gasteiger charge is 2.58. The maximum absolute atomic E-state index is 11.2. The lowest BCUT2D eigenvalue weighted by Crippen LogP contribution is -2.35. The molecule has 2 aliphatic carbocycles. The Hall–Kier alpha value is -0.570. The van der Waals surface area contributed by atoms with E-state index in [1.54, 1.807) is 0 Å². The van der Waals surface area contributed by atoms with E-state index in [1.165, 1.54) is 12.8 Å². The van der Waals surface area contributed by atoms with Gasteiger partial charge in [0.25, 0.3) is 0 Å². The molecule has 1 heterocycles. The third-order valence-corrected chi connectivity index (χ3v) is 4.06. The quantitative estimate of drug-likeness (QED) is 0.626. The molecule has 0 amide bonds. The fourth-order valence-electron chi connectivity index (χ4n) is 3.43. The van der Waals surface area contributed by atoms with Crippen LogP contribution in [0.5, 0.6) is 0 Å². The zero-order valence-corrected chi connectivity index (χ0v) is 8.44. The predicted octanol–water partition coefficient (Wildman–Crippen LogP) is 1.36. The Kier molecular flexibility index (Phi) is 1.84. The van der Waals surface area contributed by atoms with Crippen molar-refractivity contribution in [3.63, 3.8) is 0 Å². The van der Waals surface area contributed by atoms with E-state index in [0.29, 0.717) is 18.3 Å². The fourth-order valence-corrected chi connectivity index (χ4v) is 3.43. The molecule has 14 heavy (non-hydrogen) atoms. The molecule has 2 saturated carbocycles. The second-order valence-corrected chi connectivity index (χ2v) is 4.76. The Balaban J connectivity index is 1.73. The van der Waals surface area contributed by atoms with E-state index in [4.69, 9.17) is 9.47 Å². The van der Waals surface area contributed by atoms with Gasteiger partial charge in [-0.2, -0.15) is 0 Å². The Morgan fingerprint density at radius 1 is 1.43 bits per heavy atom. The van der Waals surface area contributed by atoms with Crippen molar-refractivity contribution in [1.29, 1.82) is 0 Å². The normalized spacial score (nSPS) is 48.5. The largest absolute Gasteiger partial charge is 0.459 e. The van der Waals surface area contributed by atoms with Crippen molar-refractivity contribution in [3.8, 4) is 0 Å². The van der Waals surface area contributed by atoms with Crippen LogP contribution in [0.2, 0.25) is 0 Å². The topological polar surface area (TPSA) is 35.5 Å². The average Bonchev–Trinajstić information content (AvgIpc) is 2.76. The zero-order valence-electron chi connectivity index (χ0n) is 8.44. The molecule has 0 aromatic rings. The van der Waals surface area contributed by atoms with Gasteiger partial charge < -0.3 is 9.47 Å². The van der Waals surface area contributed by atoms with Gasteiger partial charge in [-0.1, -0.05) is 6.92 Å². The van der Waals surface area contributed by atoms with E-state index in [0.717, 1.165) is 12.5 Å². The zero-order chi connectivity index (χ0) is 9.71. The van der Waals surface area contributed by atoms with Crippen LogP contribution in [0.3, 0.4) is 0 Å². The molecule has 0 radical (unpaired) electrons. The summed E-state index contributed by atoms with van der Waals surface area (Å²) in [5, 5.41) is 0. The molecule has 0 N–H and O–H groups in total. The Labute approximate surface area is 83.8 Å². The maximum atomic E-state index is 11.2. The van der Waals surface area contributed by atoms with Gasteiger partial charge in [-0.15, -0.1) is 0 Å². The molecule has 2 bridgehead atoms. The van der Waals surface area contributed by atoms with Crippen LogP contribution in [0.4, 0.5) is 0 Å². The van der Waals surface area contributed by atoms with E-state index in [9.17, 15) is 4.79 Å². The molecule has 5 unspecified atom stereocenters. The number of carbonyl (C=O) groups is 1. The SMILES string of the molecule is CCC(=O)OC1C2CC3COC1C3C2. The van der Waals surface area contributed by atoms with Gasteiger partial charge in [-0.05, 0) is 30.6 Å². The van der Waals surface area contributed by atoms with Crippen LogP contribution < -0.4 is 0 Å². The standard InChI is InChI=1S/C11H16O3/c1-2-9(12)14-10-6-3-7-5-13-11(10)8(7)4-6/h6-8,10-11H,2-5H2,1H3. The van der Waals surface area contributed by atoms with Gasteiger partial charge in [0, 0.05) is 6.42 Å². The highest BCUT2D eigenvalue weighted by atomic mass is 16.6. The molecule has 0 aromatic carbocycles. The van der Waals surface area contributed by atoms with E-state index >= 15 is 0 Å². The fraction of sp³-hybridized carbons (Fsp3) is 0.909. The first kappa shape index (κ1) is 8.72. The molecule has 3 rings (SSSR count). The third-order valence-electron chi connectivity index (χ3n) is 4.06. The minimum absolute atomic E-state index is 0.0744. The molecular formula is C11H16O3. The van der Waals surface area contributed by atoms with Crippen molar-refractivity contribution in [1.82, 2.24) is 0 Å².